The molecule has 138 valence electrons. The van der Waals surface area contributed by atoms with Crippen molar-refractivity contribution in [3.05, 3.63) is 67.4 Å². The van der Waals surface area contributed by atoms with Gasteiger partial charge in [-0.2, -0.15) is 5.10 Å². The molecule has 0 aliphatic carbocycles. The van der Waals surface area contributed by atoms with Gasteiger partial charge in [-0.05, 0) is 37.1 Å². The zero-order valence-electron chi connectivity index (χ0n) is 15.3. The first-order chi connectivity index (χ1) is 13.0. The lowest BCUT2D eigenvalue weighted by Crippen LogP contribution is -2.37. The molecule has 0 saturated carbocycles. The van der Waals surface area contributed by atoms with Crippen LogP contribution in [-0.4, -0.2) is 44.2 Å². The largest absolute Gasteiger partial charge is 0.353 e. The quantitative estimate of drug-likeness (QED) is 0.709. The Balaban J connectivity index is 1.43. The molecule has 1 aliphatic rings. The second-order valence-electron chi connectivity index (χ2n) is 6.83. The molecule has 1 amide bonds. The van der Waals surface area contributed by atoms with Gasteiger partial charge in [0, 0.05) is 43.9 Å². The van der Waals surface area contributed by atoms with Crippen molar-refractivity contribution in [3.8, 4) is 0 Å². The van der Waals surface area contributed by atoms with E-state index in [-0.39, 0.29) is 11.9 Å². The fourth-order valence-electron chi connectivity index (χ4n) is 3.32. The number of carbonyl (C=O) groups is 1. The van der Waals surface area contributed by atoms with Gasteiger partial charge in [0.2, 0.25) is 0 Å². The Hall–Kier alpha value is -3.35. The molecule has 3 aromatic heterocycles. The number of aromatic nitrogens is 4. The summed E-state index contributed by atoms with van der Waals surface area (Å²) in [5.74, 6) is 0.769. The minimum absolute atomic E-state index is 0.0593. The molecular weight excluding hydrogens is 340 g/mol. The number of nitrogens with one attached hydrogen (secondary N) is 1. The summed E-state index contributed by atoms with van der Waals surface area (Å²) in [4.78, 5) is 19.3. The molecule has 7 nitrogen and oxygen atoms in total. The van der Waals surface area contributed by atoms with E-state index < -0.39 is 0 Å². The van der Waals surface area contributed by atoms with Crippen LogP contribution in [0.3, 0.4) is 0 Å². The minimum atomic E-state index is -0.177. The van der Waals surface area contributed by atoms with Crippen LogP contribution >= 0.6 is 0 Å². The fraction of sp³-hybridized carbons (Fsp3) is 0.250. The Labute approximate surface area is 157 Å². The fourth-order valence-corrected chi connectivity index (χ4v) is 3.32. The number of hydrogen-bond acceptors (Lipinski definition) is 4. The molecule has 3 aromatic rings. The van der Waals surface area contributed by atoms with Crippen molar-refractivity contribution in [1.29, 1.82) is 0 Å². The molecule has 4 heterocycles. The summed E-state index contributed by atoms with van der Waals surface area (Å²) in [6, 6.07) is 5.81. The van der Waals surface area contributed by atoms with E-state index in [1.807, 2.05) is 25.4 Å². The summed E-state index contributed by atoms with van der Waals surface area (Å²) in [6.45, 7) is 11.2. The first-order valence-corrected chi connectivity index (χ1v) is 8.91. The van der Waals surface area contributed by atoms with E-state index in [9.17, 15) is 4.79 Å². The summed E-state index contributed by atoms with van der Waals surface area (Å²) in [7, 11) is 0. The summed E-state index contributed by atoms with van der Waals surface area (Å²) in [5.41, 5.74) is 2.93. The normalized spacial score (nSPS) is 16.6. The van der Waals surface area contributed by atoms with Crippen LogP contribution in [0.1, 0.15) is 23.8 Å². The van der Waals surface area contributed by atoms with Crippen LogP contribution in [0.2, 0.25) is 0 Å². The number of nitrogens with zero attached hydrogens (tertiary/aromatic N) is 5. The maximum absolute atomic E-state index is 12.5. The smallest absolute Gasteiger partial charge is 0.272 e. The molecule has 7 heteroatoms. The van der Waals surface area contributed by atoms with E-state index >= 15 is 0 Å². The number of carbonyl (C=O) groups excluding carboxylic acids is 1. The van der Waals surface area contributed by atoms with E-state index in [0.717, 1.165) is 36.4 Å². The summed E-state index contributed by atoms with van der Waals surface area (Å²) < 4.78 is 3.63. The predicted octanol–water partition coefficient (Wildman–Crippen LogP) is 2.59. The lowest BCUT2D eigenvalue weighted by molar-refractivity contribution is 0.0935. The van der Waals surface area contributed by atoms with Gasteiger partial charge < -0.3 is 14.6 Å². The number of rotatable bonds is 5. The third-order valence-corrected chi connectivity index (χ3v) is 4.85. The lowest BCUT2D eigenvalue weighted by Gasteiger charge is -2.18. The third kappa shape index (κ3) is 3.23. The average Bonchev–Trinajstić information content (AvgIpc) is 3.40. The van der Waals surface area contributed by atoms with Crippen LogP contribution in [-0.2, 0) is 0 Å². The van der Waals surface area contributed by atoms with Crippen molar-refractivity contribution in [2.45, 2.75) is 19.4 Å². The highest BCUT2D eigenvalue weighted by Gasteiger charge is 2.27. The molecule has 1 aliphatic heterocycles. The van der Waals surface area contributed by atoms with Crippen molar-refractivity contribution < 1.29 is 4.79 Å². The van der Waals surface area contributed by atoms with Crippen molar-refractivity contribution >= 4 is 22.9 Å². The molecule has 1 fully saturated rings. The number of anilines is 1. The van der Waals surface area contributed by atoms with E-state index in [1.165, 1.54) is 0 Å². The molecule has 4 rings (SSSR count). The van der Waals surface area contributed by atoms with E-state index in [1.54, 1.807) is 23.1 Å². The molecule has 27 heavy (non-hydrogen) atoms. The standard InChI is InChI=1S/C20H22N6O/c1-14(2)15(3)26-11-7-17(23-26)20(27)22-16-6-10-25(13-16)19-18-5-4-9-24(18)12-8-21-19/h4-5,7-9,11-12,16H,1,3,6,10,13H2,2H3,(H,22,27). The van der Waals surface area contributed by atoms with Crippen LogP contribution < -0.4 is 10.2 Å². The van der Waals surface area contributed by atoms with Gasteiger partial charge >= 0.3 is 0 Å². The molecule has 0 bridgehead atoms. The van der Waals surface area contributed by atoms with Crippen LogP contribution in [0.15, 0.2) is 61.7 Å². The predicted molar refractivity (Wildman–Crippen MR) is 106 cm³/mol. The summed E-state index contributed by atoms with van der Waals surface area (Å²) >= 11 is 0. The molecule has 0 spiro atoms. The number of hydrogen-bond donors (Lipinski definition) is 1. The van der Waals surface area contributed by atoms with Gasteiger partial charge in [0.25, 0.3) is 5.91 Å². The summed E-state index contributed by atoms with van der Waals surface area (Å²) in [6.07, 6.45) is 8.34. The van der Waals surface area contributed by atoms with E-state index in [0.29, 0.717) is 11.4 Å². The SMILES string of the molecule is C=C(C)C(=C)n1ccc(C(=O)NC2CCN(c3nccn4cccc34)C2)n1. The monoisotopic (exact) mass is 362 g/mol. The average molecular weight is 362 g/mol. The van der Waals surface area contributed by atoms with Gasteiger partial charge in [-0.15, -0.1) is 0 Å². The maximum atomic E-state index is 12.5. The topological polar surface area (TPSA) is 67.5 Å². The summed E-state index contributed by atoms with van der Waals surface area (Å²) in [5, 5.41) is 7.37. The highest BCUT2D eigenvalue weighted by molar-refractivity contribution is 5.92. The van der Waals surface area contributed by atoms with Crippen LogP contribution in [0.4, 0.5) is 5.82 Å². The van der Waals surface area contributed by atoms with Gasteiger partial charge in [-0.3, -0.25) is 4.79 Å². The molecule has 1 saturated heterocycles. The molecular formula is C20H22N6O. The molecule has 1 atom stereocenters. The van der Waals surface area contributed by atoms with Gasteiger partial charge in [0.1, 0.15) is 0 Å². The van der Waals surface area contributed by atoms with Crippen LogP contribution in [0.25, 0.3) is 11.2 Å². The van der Waals surface area contributed by atoms with E-state index in [2.05, 4.69) is 43.9 Å². The second kappa shape index (κ2) is 6.75. The van der Waals surface area contributed by atoms with Crippen molar-refractivity contribution in [2.75, 3.05) is 18.0 Å². The first kappa shape index (κ1) is 17.1. The molecule has 1 N–H and O–H groups in total. The molecule has 0 aromatic carbocycles. The van der Waals surface area contributed by atoms with Crippen LogP contribution in [0, 0.1) is 0 Å². The Morgan fingerprint density at radius 1 is 1.26 bits per heavy atom. The number of fused-ring (bicyclic) bond motifs is 1. The zero-order valence-corrected chi connectivity index (χ0v) is 15.3. The first-order valence-electron chi connectivity index (χ1n) is 8.91. The van der Waals surface area contributed by atoms with Crippen LogP contribution in [0.5, 0.6) is 0 Å². The number of amides is 1. The van der Waals surface area contributed by atoms with Crippen molar-refractivity contribution in [2.24, 2.45) is 0 Å². The Morgan fingerprint density at radius 2 is 2.11 bits per heavy atom. The Bertz CT molecular complexity index is 1030. The lowest BCUT2D eigenvalue weighted by atomic mass is 10.2. The highest BCUT2D eigenvalue weighted by Crippen LogP contribution is 2.23. The van der Waals surface area contributed by atoms with Crippen molar-refractivity contribution in [3.63, 3.8) is 0 Å². The Kier molecular flexibility index (Phi) is 4.27. The number of allylic oxidation sites excluding steroid dienone is 2. The van der Waals surface area contributed by atoms with Gasteiger partial charge in [0.05, 0.1) is 11.2 Å². The second-order valence-corrected chi connectivity index (χ2v) is 6.83. The third-order valence-electron chi connectivity index (χ3n) is 4.85. The minimum Gasteiger partial charge on any atom is -0.353 e. The molecule has 1 unspecified atom stereocenters. The zero-order chi connectivity index (χ0) is 19.0. The van der Waals surface area contributed by atoms with Gasteiger partial charge in [-0.25, -0.2) is 9.67 Å². The van der Waals surface area contributed by atoms with Gasteiger partial charge in [-0.1, -0.05) is 13.2 Å². The molecule has 0 radical (unpaired) electrons. The maximum Gasteiger partial charge on any atom is 0.272 e. The van der Waals surface area contributed by atoms with Crippen molar-refractivity contribution in [1.82, 2.24) is 24.5 Å². The van der Waals surface area contributed by atoms with E-state index in [4.69, 9.17) is 0 Å². The van der Waals surface area contributed by atoms with Gasteiger partial charge in [0.15, 0.2) is 11.5 Å². The Morgan fingerprint density at radius 3 is 2.93 bits per heavy atom. The highest BCUT2D eigenvalue weighted by atomic mass is 16.2.